The van der Waals surface area contributed by atoms with Crippen molar-refractivity contribution in [1.82, 2.24) is 20.2 Å². The van der Waals surface area contributed by atoms with Gasteiger partial charge in [-0.1, -0.05) is 12.1 Å². The van der Waals surface area contributed by atoms with Gasteiger partial charge >= 0.3 is 0 Å². The molecule has 0 aliphatic rings. The number of anilines is 3. The van der Waals surface area contributed by atoms with Crippen LogP contribution in [-0.2, 0) is 10.0 Å². The van der Waals surface area contributed by atoms with Crippen molar-refractivity contribution in [2.24, 2.45) is 0 Å². The Bertz CT molecular complexity index is 1590. The third-order valence-corrected chi connectivity index (χ3v) is 6.04. The number of H-pyrrole nitrogens is 1. The Balaban J connectivity index is 1.60. The zero-order valence-corrected chi connectivity index (χ0v) is 17.0. The summed E-state index contributed by atoms with van der Waals surface area (Å²) >= 11 is 0. The van der Waals surface area contributed by atoms with Gasteiger partial charge in [0.1, 0.15) is 16.5 Å². The topological polar surface area (TPSA) is 113 Å². The first-order valence-corrected chi connectivity index (χ1v) is 10.8. The van der Waals surface area contributed by atoms with Gasteiger partial charge in [0.2, 0.25) is 0 Å². The first-order chi connectivity index (χ1) is 15.4. The van der Waals surface area contributed by atoms with Crippen LogP contribution < -0.4 is 10.0 Å². The zero-order chi connectivity index (χ0) is 22.3. The number of hydrogen-bond acceptors (Lipinski definition) is 6. The molecule has 0 spiro atoms. The van der Waals surface area contributed by atoms with Crippen LogP contribution in [0.1, 0.15) is 0 Å². The third kappa shape index (κ3) is 3.69. The predicted octanol–water partition coefficient (Wildman–Crippen LogP) is 4.33. The molecule has 11 heteroatoms. The molecule has 5 rings (SSSR count). The molecule has 0 bridgehead atoms. The number of nitrogens with zero attached hydrogens (tertiary/aromatic N) is 3. The predicted molar refractivity (Wildman–Crippen MR) is 116 cm³/mol. The molecular formula is C21H14F2N6O2S. The van der Waals surface area contributed by atoms with Gasteiger partial charge in [-0.3, -0.25) is 9.82 Å². The van der Waals surface area contributed by atoms with E-state index in [9.17, 15) is 17.2 Å². The van der Waals surface area contributed by atoms with Crippen molar-refractivity contribution < 1.29 is 17.2 Å². The molecule has 8 nitrogen and oxygen atoms in total. The molecule has 0 saturated carbocycles. The fourth-order valence-electron chi connectivity index (χ4n) is 3.18. The van der Waals surface area contributed by atoms with Crippen LogP contribution in [0.15, 0.2) is 71.8 Å². The molecular weight excluding hydrogens is 438 g/mol. The fraction of sp³-hybridized carbons (Fsp3) is 0. The SMILES string of the molecule is O=S(=O)(Nc1nc2ccccc2nc1Nc1ccc2cn[nH]c2c1)c1cc(F)ccc1F. The van der Waals surface area contributed by atoms with Gasteiger partial charge in [-0.2, -0.15) is 5.10 Å². The Morgan fingerprint density at radius 3 is 2.41 bits per heavy atom. The number of hydrogen-bond donors (Lipinski definition) is 3. The molecule has 0 aliphatic heterocycles. The zero-order valence-electron chi connectivity index (χ0n) is 16.2. The van der Waals surface area contributed by atoms with Gasteiger partial charge in [-0.05, 0) is 48.5 Å². The lowest BCUT2D eigenvalue weighted by Crippen LogP contribution is -2.17. The van der Waals surface area contributed by atoms with Crippen molar-refractivity contribution in [2.45, 2.75) is 4.90 Å². The van der Waals surface area contributed by atoms with Gasteiger partial charge < -0.3 is 5.32 Å². The molecule has 0 unspecified atom stereocenters. The molecule has 0 radical (unpaired) electrons. The van der Waals surface area contributed by atoms with Gasteiger partial charge in [0, 0.05) is 11.1 Å². The highest BCUT2D eigenvalue weighted by molar-refractivity contribution is 7.92. The second-order valence-electron chi connectivity index (χ2n) is 6.89. The summed E-state index contributed by atoms with van der Waals surface area (Å²) in [6.45, 7) is 0. The van der Waals surface area contributed by atoms with Crippen LogP contribution in [0.5, 0.6) is 0 Å². The monoisotopic (exact) mass is 452 g/mol. The van der Waals surface area contributed by atoms with E-state index in [0.717, 1.165) is 23.0 Å². The van der Waals surface area contributed by atoms with Gasteiger partial charge in [0.15, 0.2) is 11.6 Å². The summed E-state index contributed by atoms with van der Waals surface area (Å²) in [5.74, 6) is -2.06. The summed E-state index contributed by atoms with van der Waals surface area (Å²) in [4.78, 5) is 7.96. The number of aromatic nitrogens is 4. The number of halogens is 2. The van der Waals surface area contributed by atoms with Crippen molar-refractivity contribution in [3.05, 3.63) is 78.5 Å². The molecule has 2 aromatic heterocycles. The van der Waals surface area contributed by atoms with E-state index in [1.165, 1.54) is 0 Å². The summed E-state index contributed by atoms with van der Waals surface area (Å²) in [7, 11) is -4.50. The number of nitrogens with one attached hydrogen (secondary N) is 3. The van der Waals surface area contributed by atoms with Crippen LogP contribution in [0.25, 0.3) is 21.9 Å². The Labute approximate surface area is 180 Å². The van der Waals surface area contributed by atoms with Gasteiger partial charge in [0.05, 0.1) is 22.7 Å². The van der Waals surface area contributed by atoms with Crippen LogP contribution in [0.2, 0.25) is 0 Å². The normalized spacial score (nSPS) is 11.7. The van der Waals surface area contributed by atoms with Crippen LogP contribution in [0, 0.1) is 11.6 Å². The second kappa shape index (κ2) is 7.54. The smallest absolute Gasteiger partial charge is 0.266 e. The maximum absolute atomic E-state index is 14.1. The minimum atomic E-state index is -4.50. The molecule has 5 aromatic rings. The summed E-state index contributed by atoms with van der Waals surface area (Å²) in [6, 6.07) is 14.4. The highest BCUT2D eigenvalue weighted by Crippen LogP contribution is 2.29. The third-order valence-electron chi connectivity index (χ3n) is 4.69. The standard InChI is InChI=1S/C21H14F2N6O2S/c22-13-6-8-15(23)19(9-13)32(30,31)29-21-20(26-16-3-1-2-4-17(16)27-21)25-14-7-5-12-11-24-28-18(12)10-14/h1-11H,(H,24,28)(H,25,26)(H,27,29). The maximum Gasteiger partial charge on any atom is 0.266 e. The minimum Gasteiger partial charge on any atom is -0.337 e. The van der Waals surface area contributed by atoms with E-state index in [-0.39, 0.29) is 11.6 Å². The molecule has 3 aromatic carbocycles. The average Bonchev–Trinajstić information content (AvgIpc) is 3.23. The lowest BCUT2D eigenvalue weighted by atomic mass is 10.2. The fourth-order valence-corrected chi connectivity index (χ4v) is 4.27. The number of fused-ring (bicyclic) bond motifs is 2. The van der Waals surface area contributed by atoms with Crippen molar-refractivity contribution in [3.8, 4) is 0 Å². The quantitative estimate of drug-likeness (QED) is 0.366. The molecule has 0 amide bonds. The Kier molecular flexibility index (Phi) is 4.67. The van der Waals surface area contributed by atoms with E-state index in [1.807, 2.05) is 6.07 Å². The molecule has 0 saturated heterocycles. The van der Waals surface area contributed by atoms with Crippen LogP contribution in [0.4, 0.5) is 26.1 Å². The van der Waals surface area contributed by atoms with Crippen molar-refractivity contribution >= 4 is 49.3 Å². The molecule has 3 N–H and O–H groups in total. The van der Waals surface area contributed by atoms with Gasteiger partial charge in [0.25, 0.3) is 10.0 Å². The van der Waals surface area contributed by atoms with E-state index >= 15 is 0 Å². The van der Waals surface area contributed by atoms with Crippen molar-refractivity contribution in [3.63, 3.8) is 0 Å². The van der Waals surface area contributed by atoms with Crippen LogP contribution in [-0.4, -0.2) is 28.6 Å². The number of sulfonamides is 1. The second-order valence-corrected chi connectivity index (χ2v) is 8.54. The van der Waals surface area contributed by atoms with E-state index in [4.69, 9.17) is 0 Å². The number of rotatable bonds is 5. The van der Waals surface area contributed by atoms with Crippen molar-refractivity contribution in [1.29, 1.82) is 0 Å². The average molecular weight is 452 g/mol. The Morgan fingerprint density at radius 2 is 1.62 bits per heavy atom. The molecule has 0 atom stereocenters. The summed E-state index contributed by atoms with van der Waals surface area (Å²) in [5.41, 5.74) is 2.27. The van der Waals surface area contributed by atoms with Crippen molar-refractivity contribution in [2.75, 3.05) is 10.0 Å². The highest BCUT2D eigenvalue weighted by Gasteiger charge is 2.23. The summed E-state index contributed by atoms with van der Waals surface area (Å²) in [6.07, 6.45) is 1.67. The number of para-hydroxylation sites is 2. The largest absolute Gasteiger partial charge is 0.337 e. The highest BCUT2D eigenvalue weighted by atomic mass is 32.2. The molecule has 160 valence electrons. The van der Waals surface area contributed by atoms with Crippen LogP contribution >= 0.6 is 0 Å². The van der Waals surface area contributed by atoms with Gasteiger partial charge in [-0.25, -0.2) is 27.2 Å². The summed E-state index contributed by atoms with van der Waals surface area (Å²) in [5, 5.41) is 10.7. The Hall–Kier alpha value is -4.12. The van der Waals surface area contributed by atoms with E-state index in [0.29, 0.717) is 22.8 Å². The lowest BCUT2D eigenvalue weighted by molar-refractivity contribution is 0.555. The maximum atomic E-state index is 14.1. The number of benzene rings is 3. The van der Waals surface area contributed by atoms with Crippen LogP contribution in [0.3, 0.4) is 0 Å². The lowest BCUT2D eigenvalue weighted by Gasteiger charge is -2.14. The Morgan fingerprint density at radius 1 is 0.875 bits per heavy atom. The molecule has 2 heterocycles. The first-order valence-electron chi connectivity index (χ1n) is 9.34. The van der Waals surface area contributed by atoms with E-state index < -0.39 is 26.6 Å². The molecule has 0 fully saturated rings. The minimum absolute atomic E-state index is 0.0861. The summed E-state index contributed by atoms with van der Waals surface area (Å²) < 4.78 is 55.6. The molecule has 32 heavy (non-hydrogen) atoms. The van der Waals surface area contributed by atoms with E-state index in [1.54, 1.807) is 42.6 Å². The van der Waals surface area contributed by atoms with Gasteiger partial charge in [-0.15, -0.1) is 0 Å². The number of aromatic amines is 1. The van der Waals surface area contributed by atoms with E-state index in [2.05, 4.69) is 30.2 Å². The first kappa shape index (κ1) is 19.8. The molecule has 0 aliphatic carbocycles.